The standard InChI is InChI=1S/C16H20N2O3/c1-11-4-2-3-5-13(11)17-14(19)9-18-7-6-12-8-16(12,10-18)15(20)21/h2-5,12H,6-10H2,1H3,(H,17,19)(H,20,21). The van der Waals surface area contributed by atoms with Crippen LogP contribution in [-0.2, 0) is 9.59 Å². The number of aryl methyl sites for hydroxylation is 1. The van der Waals surface area contributed by atoms with Crippen molar-refractivity contribution in [2.24, 2.45) is 11.3 Å². The molecule has 2 atom stereocenters. The fraction of sp³-hybridized carbons (Fsp3) is 0.500. The molecule has 5 nitrogen and oxygen atoms in total. The summed E-state index contributed by atoms with van der Waals surface area (Å²) in [5.74, 6) is -0.480. The minimum absolute atomic E-state index is 0.0797. The van der Waals surface area contributed by atoms with Gasteiger partial charge >= 0.3 is 5.97 Å². The third kappa shape index (κ3) is 2.65. The molecule has 2 unspecified atom stereocenters. The molecule has 1 aromatic rings. The first-order valence-electron chi connectivity index (χ1n) is 7.32. The highest BCUT2D eigenvalue weighted by molar-refractivity contribution is 5.93. The summed E-state index contributed by atoms with van der Waals surface area (Å²) in [7, 11) is 0. The van der Waals surface area contributed by atoms with Gasteiger partial charge in [-0.2, -0.15) is 0 Å². The number of hydrogen-bond donors (Lipinski definition) is 2. The molecule has 1 saturated heterocycles. The van der Waals surface area contributed by atoms with Gasteiger partial charge in [0.05, 0.1) is 12.0 Å². The summed E-state index contributed by atoms with van der Waals surface area (Å²) in [5.41, 5.74) is 1.26. The lowest BCUT2D eigenvalue weighted by molar-refractivity contribution is -0.146. The average Bonchev–Trinajstić information content (AvgIpc) is 3.16. The van der Waals surface area contributed by atoms with Crippen molar-refractivity contribution in [3.8, 4) is 0 Å². The first-order valence-corrected chi connectivity index (χ1v) is 7.32. The summed E-state index contributed by atoms with van der Waals surface area (Å²) in [6.07, 6.45) is 1.64. The van der Waals surface area contributed by atoms with Crippen LogP contribution in [0.15, 0.2) is 24.3 Å². The maximum atomic E-state index is 12.1. The van der Waals surface area contributed by atoms with Crippen LogP contribution in [0.2, 0.25) is 0 Å². The molecule has 2 N–H and O–H groups in total. The lowest BCUT2D eigenvalue weighted by Crippen LogP contribution is -2.44. The van der Waals surface area contributed by atoms with Crippen LogP contribution in [0, 0.1) is 18.3 Å². The molecular weight excluding hydrogens is 268 g/mol. The van der Waals surface area contributed by atoms with Gasteiger partial charge in [-0.05, 0) is 43.9 Å². The third-order valence-corrected chi connectivity index (χ3v) is 4.74. The number of carboxylic acid groups (broad SMARTS) is 1. The minimum Gasteiger partial charge on any atom is -0.481 e. The number of aliphatic carboxylic acids is 1. The van der Waals surface area contributed by atoms with Crippen molar-refractivity contribution in [2.45, 2.75) is 19.8 Å². The zero-order valence-electron chi connectivity index (χ0n) is 12.1. The number of carbonyl (C=O) groups is 2. The van der Waals surface area contributed by atoms with Crippen LogP contribution in [0.5, 0.6) is 0 Å². The van der Waals surface area contributed by atoms with Gasteiger partial charge in [0.15, 0.2) is 0 Å². The van der Waals surface area contributed by atoms with Crippen molar-refractivity contribution in [3.05, 3.63) is 29.8 Å². The van der Waals surface area contributed by atoms with E-state index in [1.807, 2.05) is 36.1 Å². The van der Waals surface area contributed by atoms with Crippen LogP contribution in [0.3, 0.4) is 0 Å². The molecule has 0 bridgehead atoms. The molecule has 1 aliphatic carbocycles. The number of nitrogens with zero attached hydrogens (tertiary/aromatic N) is 1. The molecular formula is C16H20N2O3. The van der Waals surface area contributed by atoms with E-state index < -0.39 is 11.4 Å². The Labute approximate surface area is 123 Å². The molecule has 0 radical (unpaired) electrons. The number of carboxylic acids is 1. The topological polar surface area (TPSA) is 69.6 Å². The molecule has 1 saturated carbocycles. The van der Waals surface area contributed by atoms with Gasteiger partial charge in [0.2, 0.25) is 5.91 Å². The van der Waals surface area contributed by atoms with E-state index in [2.05, 4.69) is 5.32 Å². The van der Waals surface area contributed by atoms with Crippen molar-refractivity contribution >= 4 is 17.6 Å². The molecule has 1 aromatic carbocycles. The summed E-state index contributed by atoms with van der Waals surface area (Å²) in [5, 5.41) is 12.2. The number of piperidine rings is 1. The molecule has 0 spiro atoms. The fourth-order valence-corrected chi connectivity index (χ4v) is 3.34. The van der Waals surface area contributed by atoms with E-state index in [-0.39, 0.29) is 12.5 Å². The number of nitrogens with one attached hydrogen (secondary N) is 1. The Morgan fingerprint density at radius 2 is 2.19 bits per heavy atom. The van der Waals surface area contributed by atoms with Gasteiger partial charge in [-0.3, -0.25) is 14.5 Å². The fourth-order valence-electron chi connectivity index (χ4n) is 3.34. The van der Waals surface area contributed by atoms with Crippen LogP contribution in [0.1, 0.15) is 18.4 Å². The van der Waals surface area contributed by atoms with E-state index in [4.69, 9.17) is 0 Å². The van der Waals surface area contributed by atoms with Gasteiger partial charge in [-0.1, -0.05) is 18.2 Å². The predicted octanol–water partition coefficient (Wildman–Crippen LogP) is 1.73. The van der Waals surface area contributed by atoms with Crippen molar-refractivity contribution in [1.82, 2.24) is 4.90 Å². The minimum atomic E-state index is -0.712. The third-order valence-electron chi connectivity index (χ3n) is 4.74. The Kier molecular flexibility index (Phi) is 3.45. The molecule has 0 aromatic heterocycles. The SMILES string of the molecule is Cc1ccccc1NC(=O)CN1CCC2CC2(C(=O)O)C1. The highest BCUT2D eigenvalue weighted by Gasteiger charge is 2.62. The summed E-state index contributed by atoms with van der Waals surface area (Å²) < 4.78 is 0. The summed E-state index contributed by atoms with van der Waals surface area (Å²) in [6.45, 7) is 3.51. The molecule has 21 heavy (non-hydrogen) atoms. The van der Waals surface area contributed by atoms with Crippen LogP contribution < -0.4 is 5.32 Å². The highest BCUT2D eigenvalue weighted by Crippen LogP contribution is 2.57. The first-order chi connectivity index (χ1) is 10.0. The molecule has 1 aliphatic heterocycles. The van der Waals surface area contributed by atoms with Gasteiger partial charge in [0.25, 0.3) is 0 Å². The largest absolute Gasteiger partial charge is 0.481 e. The molecule has 5 heteroatoms. The van der Waals surface area contributed by atoms with E-state index in [1.54, 1.807) is 0 Å². The Bertz CT molecular complexity index is 587. The second-order valence-corrected chi connectivity index (χ2v) is 6.22. The van der Waals surface area contributed by atoms with Crippen LogP contribution in [0.25, 0.3) is 0 Å². The summed E-state index contributed by atoms with van der Waals surface area (Å²) >= 11 is 0. The molecule has 1 amide bonds. The number of amides is 1. The molecule has 1 heterocycles. The lowest BCUT2D eigenvalue weighted by atomic mass is 9.97. The van der Waals surface area contributed by atoms with E-state index in [0.717, 1.165) is 30.6 Å². The Morgan fingerprint density at radius 3 is 2.90 bits per heavy atom. The Balaban J connectivity index is 1.58. The van der Waals surface area contributed by atoms with Crippen LogP contribution >= 0.6 is 0 Å². The lowest BCUT2D eigenvalue weighted by Gasteiger charge is -2.30. The van der Waals surface area contributed by atoms with Crippen molar-refractivity contribution in [3.63, 3.8) is 0 Å². The number of fused-ring (bicyclic) bond motifs is 1. The number of rotatable bonds is 4. The molecule has 2 fully saturated rings. The van der Waals surface area contributed by atoms with Crippen molar-refractivity contribution in [2.75, 3.05) is 25.0 Å². The number of hydrogen-bond acceptors (Lipinski definition) is 3. The summed E-state index contributed by atoms with van der Waals surface area (Å²) in [4.78, 5) is 25.4. The van der Waals surface area contributed by atoms with Crippen LogP contribution in [0.4, 0.5) is 5.69 Å². The van der Waals surface area contributed by atoms with Gasteiger partial charge in [-0.15, -0.1) is 0 Å². The van der Waals surface area contributed by atoms with E-state index in [1.165, 1.54) is 0 Å². The molecule has 112 valence electrons. The van der Waals surface area contributed by atoms with Crippen molar-refractivity contribution in [1.29, 1.82) is 0 Å². The predicted molar refractivity (Wildman–Crippen MR) is 79.0 cm³/mol. The van der Waals surface area contributed by atoms with Gasteiger partial charge < -0.3 is 10.4 Å². The normalized spacial score (nSPS) is 27.8. The van der Waals surface area contributed by atoms with E-state index >= 15 is 0 Å². The van der Waals surface area contributed by atoms with E-state index in [0.29, 0.717) is 12.5 Å². The molecule has 3 rings (SSSR count). The van der Waals surface area contributed by atoms with Gasteiger partial charge in [0, 0.05) is 12.2 Å². The number of carbonyl (C=O) groups excluding carboxylic acids is 1. The second-order valence-electron chi connectivity index (χ2n) is 6.22. The van der Waals surface area contributed by atoms with Crippen LogP contribution in [-0.4, -0.2) is 41.5 Å². The maximum absolute atomic E-state index is 12.1. The number of benzene rings is 1. The molecule has 2 aliphatic rings. The van der Waals surface area contributed by atoms with Gasteiger partial charge in [0.1, 0.15) is 0 Å². The smallest absolute Gasteiger partial charge is 0.311 e. The number of anilines is 1. The quantitative estimate of drug-likeness (QED) is 0.885. The van der Waals surface area contributed by atoms with E-state index in [9.17, 15) is 14.7 Å². The highest BCUT2D eigenvalue weighted by atomic mass is 16.4. The monoisotopic (exact) mass is 288 g/mol. The average molecular weight is 288 g/mol. The Morgan fingerprint density at radius 1 is 1.43 bits per heavy atom. The van der Waals surface area contributed by atoms with Gasteiger partial charge in [-0.25, -0.2) is 0 Å². The summed E-state index contributed by atoms with van der Waals surface area (Å²) in [6, 6.07) is 7.64. The zero-order chi connectivity index (χ0) is 15.0. The Hall–Kier alpha value is -1.88. The maximum Gasteiger partial charge on any atom is 0.311 e. The number of para-hydroxylation sites is 1. The second kappa shape index (κ2) is 5.15. The zero-order valence-corrected chi connectivity index (χ0v) is 12.1. The number of likely N-dealkylation sites (tertiary alicyclic amines) is 1. The first kappa shape index (κ1) is 14.1. The van der Waals surface area contributed by atoms with Crippen molar-refractivity contribution < 1.29 is 14.7 Å².